The lowest BCUT2D eigenvalue weighted by atomic mass is 10.0. The molecule has 1 atom stereocenters. The first kappa shape index (κ1) is 12.7. The number of sulfone groups is 1. The van der Waals surface area contributed by atoms with Crippen LogP contribution in [0.2, 0.25) is 0 Å². The molecule has 0 aliphatic heterocycles. The molecule has 4 nitrogen and oxygen atoms in total. The Morgan fingerprint density at radius 3 is 2.19 bits per heavy atom. The molecule has 88 valence electrons. The second kappa shape index (κ2) is 4.65. The van der Waals surface area contributed by atoms with Crippen LogP contribution in [0.5, 0.6) is 0 Å². The summed E-state index contributed by atoms with van der Waals surface area (Å²) in [5.41, 5.74) is 1.34. The van der Waals surface area contributed by atoms with Gasteiger partial charge in [-0.2, -0.15) is 0 Å². The highest BCUT2D eigenvalue weighted by molar-refractivity contribution is 7.89. The third kappa shape index (κ3) is 3.66. The van der Waals surface area contributed by atoms with E-state index in [2.05, 4.69) is 0 Å². The Balaban J connectivity index is 2.87. The highest BCUT2D eigenvalue weighted by Crippen LogP contribution is 2.16. The molecule has 0 fully saturated rings. The van der Waals surface area contributed by atoms with Crippen molar-refractivity contribution in [3.8, 4) is 0 Å². The van der Waals surface area contributed by atoms with E-state index in [1.54, 1.807) is 31.2 Å². The van der Waals surface area contributed by atoms with Gasteiger partial charge in [0.2, 0.25) is 0 Å². The van der Waals surface area contributed by atoms with Gasteiger partial charge in [0.1, 0.15) is 0 Å². The van der Waals surface area contributed by atoms with Gasteiger partial charge in [0, 0.05) is 6.26 Å². The Kier molecular flexibility index (Phi) is 3.70. The van der Waals surface area contributed by atoms with Gasteiger partial charge in [-0.25, -0.2) is 8.42 Å². The Morgan fingerprint density at radius 2 is 1.81 bits per heavy atom. The number of carboxylic acids is 1. The Morgan fingerprint density at radius 1 is 1.31 bits per heavy atom. The molecule has 1 aromatic rings. The van der Waals surface area contributed by atoms with Crippen LogP contribution in [0.4, 0.5) is 0 Å². The van der Waals surface area contributed by atoms with E-state index in [1.165, 1.54) is 6.26 Å². The van der Waals surface area contributed by atoms with Gasteiger partial charge in [-0.1, -0.05) is 24.3 Å². The second-order valence-electron chi connectivity index (χ2n) is 3.87. The van der Waals surface area contributed by atoms with Crippen LogP contribution in [0.25, 0.3) is 0 Å². The molecule has 0 heterocycles. The summed E-state index contributed by atoms with van der Waals surface area (Å²) >= 11 is 0. The minimum atomic E-state index is -3.04. The van der Waals surface area contributed by atoms with Gasteiger partial charge in [-0.15, -0.1) is 0 Å². The average Bonchev–Trinajstić information content (AvgIpc) is 2.15. The topological polar surface area (TPSA) is 71.4 Å². The summed E-state index contributed by atoms with van der Waals surface area (Å²) in [6, 6.07) is 6.60. The van der Waals surface area contributed by atoms with E-state index < -0.39 is 21.7 Å². The summed E-state index contributed by atoms with van der Waals surface area (Å²) in [4.78, 5) is 10.7. The molecular formula is C11H14O4S. The van der Waals surface area contributed by atoms with Crippen molar-refractivity contribution in [1.29, 1.82) is 0 Å². The minimum absolute atomic E-state index is 0.0191. The summed E-state index contributed by atoms with van der Waals surface area (Å²) in [6.07, 6.45) is 1.17. The molecule has 0 spiro atoms. The minimum Gasteiger partial charge on any atom is -0.481 e. The molecular weight excluding hydrogens is 228 g/mol. The van der Waals surface area contributed by atoms with E-state index in [0.29, 0.717) is 11.1 Å². The number of hydrogen-bond acceptors (Lipinski definition) is 3. The molecule has 1 aromatic carbocycles. The van der Waals surface area contributed by atoms with Gasteiger partial charge in [0.25, 0.3) is 0 Å². The van der Waals surface area contributed by atoms with Crippen LogP contribution in [0.15, 0.2) is 24.3 Å². The first-order chi connectivity index (χ1) is 7.29. The van der Waals surface area contributed by atoms with E-state index in [0.717, 1.165) is 0 Å². The maximum absolute atomic E-state index is 11.0. The van der Waals surface area contributed by atoms with Crippen LogP contribution in [-0.4, -0.2) is 25.7 Å². The van der Waals surface area contributed by atoms with E-state index in [-0.39, 0.29) is 5.75 Å². The molecule has 0 unspecified atom stereocenters. The molecule has 16 heavy (non-hydrogen) atoms. The maximum atomic E-state index is 11.0. The largest absolute Gasteiger partial charge is 0.481 e. The van der Waals surface area contributed by atoms with Crippen LogP contribution < -0.4 is 0 Å². The molecule has 0 aliphatic rings. The summed E-state index contributed by atoms with van der Waals surface area (Å²) in [7, 11) is -3.04. The van der Waals surface area contributed by atoms with E-state index in [1.807, 2.05) is 0 Å². The van der Waals surface area contributed by atoms with Crippen molar-refractivity contribution in [2.75, 3.05) is 6.26 Å². The summed E-state index contributed by atoms with van der Waals surface area (Å²) in [5.74, 6) is -1.49. The van der Waals surface area contributed by atoms with Crippen molar-refractivity contribution in [3.63, 3.8) is 0 Å². The standard InChI is InChI=1S/C11H14O4S/c1-8(11(12)13)10-5-3-9(4-6-10)7-16(2,14)15/h3-6,8H,7H2,1-2H3,(H,12,13)/t8-/m1/s1. The van der Waals surface area contributed by atoms with Crippen LogP contribution in [0, 0.1) is 0 Å². The number of benzene rings is 1. The lowest BCUT2D eigenvalue weighted by molar-refractivity contribution is -0.138. The number of rotatable bonds is 4. The predicted octanol–water partition coefficient (Wildman–Crippen LogP) is 1.42. The number of carbonyl (C=O) groups is 1. The fourth-order valence-electron chi connectivity index (χ4n) is 1.35. The maximum Gasteiger partial charge on any atom is 0.310 e. The fraction of sp³-hybridized carbons (Fsp3) is 0.364. The average molecular weight is 242 g/mol. The van der Waals surface area contributed by atoms with Gasteiger partial charge in [-0.05, 0) is 18.1 Å². The molecule has 0 bridgehead atoms. The molecule has 0 radical (unpaired) electrons. The molecule has 1 N–H and O–H groups in total. The van der Waals surface area contributed by atoms with Gasteiger partial charge >= 0.3 is 5.97 Å². The normalized spacial score (nSPS) is 13.4. The van der Waals surface area contributed by atoms with Gasteiger partial charge in [0.05, 0.1) is 11.7 Å². The van der Waals surface area contributed by atoms with E-state index in [4.69, 9.17) is 5.11 Å². The zero-order valence-electron chi connectivity index (χ0n) is 9.17. The quantitative estimate of drug-likeness (QED) is 0.866. The number of aliphatic carboxylic acids is 1. The SMILES string of the molecule is C[C@@H](C(=O)O)c1ccc(CS(C)(=O)=O)cc1. The van der Waals surface area contributed by atoms with Crippen LogP contribution in [-0.2, 0) is 20.4 Å². The monoisotopic (exact) mass is 242 g/mol. The van der Waals surface area contributed by atoms with Crippen LogP contribution in [0.3, 0.4) is 0 Å². The predicted molar refractivity (Wildman–Crippen MR) is 61.0 cm³/mol. The molecule has 0 aliphatic carbocycles. The van der Waals surface area contributed by atoms with Crippen molar-refractivity contribution in [1.82, 2.24) is 0 Å². The highest BCUT2D eigenvalue weighted by Gasteiger charge is 2.13. The molecule has 0 saturated carbocycles. The first-order valence-electron chi connectivity index (χ1n) is 4.79. The van der Waals surface area contributed by atoms with Crippen LogP contribution in [0.1, 0.15) is 24.0 Å². The molecule has 5 heteroatoms. The smallest absolute Gasteiger partial charge is 0.310 e. The number of carboxylic acid groups (broad SMARTS) is 1. The molecule has 0 aromatic heterocycles. The van der Waals surface area contributed by atoms with Crippen LogP contribution >= 0.6 is 0 Å². The summed E-state index contributed by atoms with van der Waals surface area (Å²) < 4.78 is 22.1. The van der Waals surface area contributed by atoms with Gasteiger partial charge < -0.3 is 5.11 Å². The number of hydrogen-bond donors (Lipinski definition) is 1. The Hall–Kier alpha value is -1.36. The zero-order valence-corrected chi connectivity index (χ0v) is 9.99. The molecule has 1 rings (SSSR count). The lowest BCUT2D eigenvalue weighted by Crippen LogP contribution is -2.07. The van der Waals surface area contributed by atoms with Crippen molar-refractivity contribution in [2.24, 2.45) is 0 Å². The lowest BCUT2D eigenvalue weighted by Gasteiger charge is -2.07. The van der Waals surface area contributed by atoms with E-state index in [9.17, 15) is 13.2 Å². The third-order valence-electron chi connectivity index (χ3n) is 2.28. The third-order valence-corrected chi connectivity index (χ3v) is 3.14. The fourth-order valence-corrected chi connectivity index (χ4v) is 2.15. The van der Waals surface area contributed by atoms with Gasteiger partial charge in [0.15, 0.2) is 9.84 Å². The van der Waals surface area contributed by atoms with Crippen molar-refractivity contribution in [3.05, 3.63) is 35.4 Å². The second-order valence-corrected chi connectivity index (χ2v) is 6.01. The van der Waals surface area contributed by atoms with Crippen molar-refractivity contribution < 1.29 is 18.3 Å². The zero-order chi connectivity index (χ0) is 12.3. The Bertz CT molecular complexity index is 473. The summed E-state index contributed by atoms with van der Waals surface area (Å²) in [5, 5.41) is 8.80. The Labute approximate surface area is 94.8 Å². The van der Waals surface area contributed by atoms with Gasteiger partial charge in [-0.3, -0.25) is 4.79 Å². The first-order valence-corrected chi connectivity index (χ1v) is 6.85. The van der Waals surface area contributed by atoms with Crippen molar-refractivity contribution in [2.45, 2.75) is 18.6 Å². The van der Waals surface area contributed by atoms with Crippen molar-refractivity contribution >= 4 is 15.8 Å². The summed E-state index contributed by atoms with van der Waals surface area (Å²) in [6.45, 7) is 1.59. The molecule has 0 saturated heterocycles. The highest BCUT2D eigenvalue weighted by atomic mass is 32.2. The van der Waals surface area contributed by atoms with E-state index >= 15 is 0 Å². The molecule has 0 amide bonds.